The third kappa shape index (κ3) is 6.32. The molecule has 0 radical (unpaired) electrons. The van der Waals surface area contributed by atoms with Crippen molar-refractivity contribution in [3.05, 3.63) is 52.5 Å². The van der Waals surface area contributed by atoms with Gasteiger partial charge >= 0.3 is 0 Å². The third-order valence-electron chi connectivity index (χ3n) is 4.69. The first-order valence-electron chi connectivity index (χ1n) is 9.99. The molecule has 2 aromatic heterocycles. The molecule has 7 nitrogen and oxygen atoms in total. The molecule has 0 aliphatic heterocycles. The number of benzene rings is 2. The Kier molecular flexibility index (Phi) is 7.63. The van der Waals surface area contributed by atoms with Crippen molar-refractivity contribution in [3.8, 4) is 0 Å². The smallest absolute Gasteiger partial charge is 0.234 e. The number of hydrogen-bond acceptors (Lipinski definition) is 9. The van der Waals surface area contributed by atoms with E-state index in [-0.39, 0.29) is 23.3 Å². The molecule has 0 fully saturated rings. The van der Waals surface area contributed by atoms with Crippen LogP contribution in [0.25, 0.3) is 10.2 Å². The second kappa shape index (κ2) is 10.6. The molecule has 0 bridgehead atoms. The van der Waals surface area contributed by atoms with Crippen LogP contribution in [-0.2, 0) is 9.59 Å². The summed E-state index contributed by atoms with van der Waals surface area (Å²) >= 11 is 5.75. The maximum absolute atomic E-state index is 12.4. The van der Waals surface area contributed by atoms with Gasteiger partial charge in [0.2, 0.25) is 11.8 Å². The molecule has 2 N–H and O–H groups in total. The molecule has 0 atom stereocenters. The summed E-state index contributed by atoms with van der Waals surface area (Å²) in [5.74, 6) is 0.379. The van der Waals surface area contributed by atoms with Gasteiger partial charge in [-0.3, -0.25) is 9.59 Å². The molecule has 11 heteroatoms. The van der Waals surface area contributed by atoms with Gasteiger partial charge in [-0.15, -0.1) is 21.5 Å². The van der Waals surface area contributed by atoms with Gasteiger partial charge in [-0.2, -0.15) is 0 Å². The fourth-order valence-corrected chi connectivity index (χ4v) is 6.43. The zero-order valence-corrected chi connectivity index (χ0v) is 21.4. The second-order valence-corrected chi connectivity index (χ2v) is 11.8. The van der Waals surface area contributed by atoms with Crippen molar-refractivity contribution in [2.24, 2.45) is 0 Å². The highest BCUT2D eigenvalue weighted by Gasteiger charge is 2.12. The lowest BCUT2D eigenvalue weighted by Gasteiger charge is -2.09. The van der Waals surface area contributed by atoms with E-state index in [1.807, 2.05) is 57.2 Å². The average Bonchev–Trinajstić information content (AvgIpc) is 3.39. The summed E-state index contributed by atoms with van der Waals surface area (Å²) in [5, 5.41) is 14.7. The van der Waals surface area contributed by atoms with Crippen LogP contribution in [-0.4, -0.2) is 38.5 Å². The van der Waals surface area contributed by atoms with Crippen LogP contribution < -0.4 is 10.6 Å². The van der Waals surface area contributed by atoms with Gasteiger partial charge in [-0.05, 0) is 56.2 Å². The third-order valence-corrected chi connectivity index (χ3v) is 8.83. The Labute approximate surface area is 207 Å². The molecule has 0 unspecified atom stereocenters. The van der Waals surface area contributed by atoms with Crippen LogP contribution in [0.1, 0.15) is 16.1 Å². The second-order valence-electron chi connectivity index (χ2n) is 7.17. The van der Waals surface area contributed by atoms with Gasteiger partial charge in [0.1, 0.15) is 5.01 Å². The Hall–Kier alpha value is -2.47. The van der Waals surface area contributed by atoms with E-state index in [0.717, 1.165) is 46.4 Å². The number of rotatable bonds is 8. The fourth-order valence-electron chi connectivity index (χ4n) is 2.90. The van der Waals surface area contributed by atoms with Crippen LogP contribution in [0, 0.1) is 20.8 Å². The number of thiazole rings is 1. The molecular formula is C22H21N5O2S4. The highest BCUT2D eigenvalue weighted by molar-refractivity contribution is 8.02. The highest BCUT2D eigenvalue weighted by Crippen LogP contribution is 2.31. The lowest BCUT2D eigenvalue weighted by atomic mass is 10.1. The van der Waals surface area contributed by atoms with E-state index in [2.05, 4.69) is 25.8 Å². The summed E-state index contributed by atoms with van der Waals surface area (Å²) in [6.45, 7) is 5.91. The Morgan fingerprint density at radius 2 is 1.67 bits per heavy atom. The lowest BCUT2D eigenvalue weighted by molar-refractivity contribution is -0.114. The molecule has 33 heavy (non-hydrogen) atoms. The summed E-state index contributed by atoms with van der Waals surface area (Å²) < 4.78 is 2.55. The van der Waals surface area contributed by atoms with Crippen LogP contribution in [0.15, 0.2) is 45.1 Å². The number of aromatic nitrogens is 3. The van der Waals surface area contributed by atoms with E-state index in [9.17, 15) is 9.59 Å². The minimum Gasteiger partial charge on any atom is -0.325 e. The van der Waals surface area contributed by atoms with E-state index in [0.29, 0.717) is 0 Å². The number of aryl methyl sites for hydroxylation is 2. The quantitative estimate of drug-likeness (QED) is 0.298. The molecule has 2 amide bonds. The number of amides is 2. The topological polar surface area (TPSA) is 96.9 Å². The van der Waals surface area contributed by atoms with E-state index >= 15 is 0 Å². The number of fused-ring (bicyclic) bond motifs is 1. The number of carbonyl (C=O) groups excluding carboxylic acids is 2. The maximum Gasteiger partial charge on any atom is 0.234 e. The zero-order chi connectivity index (χ0) is 23.4. The maximum atomic E-state index is 12.4. The van der Waals surface area contributed by atoms with E-state index < -0.39 is 0 Å². The van der Waals surface area contributed by atoms with Crippen molar-refractivity contribution in [1.29, 1.82) is 0 Å². The van der Waals surface area contributed by atoms with Crippen molar-refractivity contribution in [2.75, 3.05) is 22.1 Å². The van der Waals surface area contributed by atoms with E-state index in [1.54, 1.807) is 0 Å². The Balaban J connectivity index is 1.32. The van der Waals surface area contributed by atoms with E-state index in [1.165, 1.54) is 46.2 Å². The number of nitrogens with one attached hydrogen (secondary N) is 2. The standard InChI is InChI=1S/C22H21N5O2S4/c1-12-5-4-6-16(13(12)2)24-20(29)11-30-21-25-17-8-7-15(9-18(17)33-21)23-19(28)10-31-22-27-26-14(3)32-22/h4-9H,10-11H2,1-3H3,(H,23,28)(H,24,29). The Bertz CT molecular complexity index is 1320. The SMILES string of the molecule is Cc1nnc(SCC(=O)Nc2ccc3nc(SCC(=O)Nc4cccc(C)c4C)sc3c2)s1. The van der Waals surface area contributed by atoms with Crippen molar-refractivity contribution in [2.45, 2.75) is 29.5 Å². The minimum atomic E-state index is -0.102. The van der Waals surface area contributed by atoms with Crippen molar-refractivity contribution in [3.63, 3.8) is 0 Å². The summed E-state index contributed by atoms with van der Waals surface area (Å²) in [5.41, 5.74) is 4.61. The predicted molar refractivity (Wildman–Crippen MR) is 139 cm³/mol. The van der Waals surface area contributed by atoms with Crippen LogP contribution >= 0.6 is 46.2 Å². The Morgan fingerprint density at radius 1 is 0.909 bits per heavy atom. The summed E-state index contributed by atoms with van der Waals surface area (Å²) in [7, 11) is 0. The number of hydrogen-bond donors (Lipinski definition) is 2. The summed E-state index contributed by atoms with van der Waals surface area (Å²) in [6, 6.07) is 11.5. The van der Waals surface area contributed by atoms with Crippen LogP contribution in [0.3, 0.4) is 0 Å². The van der Waals surface area contributed by atoms with Gasteiger partial charge in [0, 0.05) is 11.4 Å². The molecule has 4 rings (SSSR count). The van der Waals surface area contributed by atoms with Gasteiger partial charge in [-0.25, -0.2) is 4.98 Å². The first-order chi connectivity index (χ1) is 15.9. The molecule has 0 saturated carbocycles. The molecule has 0 aliphatic carbocycles. The number of thioether (sulfide) groups is 2. The van der Waals surface area contributed by atoms with Gasteiger partial charge in [0.15, 0.2) is 8.68 Å². The van der Waals surface area contributed by atoms with Gasteiger partial charge in [-0.1, -0.05) is 47.0 Å². The van der Waals surface area contributed by atoms with Crippen LogP contribution in [0.4, 0.5) is 11.4 Å². The zero-order valence-electron chi connectivity index (χ0n) is 18.2. The number of carbonyl (C=O) groups is 2. The molecule has 170 valence electrons. The number of anilines is 2. The summed E-state index contributed by atoms with van der Waals surface area (Å²) in [6.07, 6.45) is 0. The minimum absolute atomic E-state index is 0.0657. The van der Waals surface area contributed by atoms with Crippen molar-refractivity contribution >= 4 is 79.6 Å². The fraction of sp³-hybridized carbons (Fsp3) is 0.227. The first-order valence-corrected chi connectivity index (χ1v) is 13.6. The van der Waals surface area contributed by atoms with Gasteiger partial charge in [0.25, 0.3) is 0 Å². The summed E-state index contributed by atoms with van der Waals surface area (Å²) in [4.78, 5) is 29.3. The monoisotopic (exact) mass is 515 g/mol. The lowest BCUT2D eigenvalue weighted by Crippen LogP contribution is -2.15. The molecular weight excluding hydrogens is 495 g/mol. The van der Waals surface area contributed by atoms with Gasteiger partial charge < -0.3 is 10.6 Å². The van der Waals surface area contributed by atoms with Crippen LogP contribution in [0.2, 0.25) is 0 Å². The number of nitrogens with zero attached hydrogens (tertiary/aromatic N) is 3. The van der Waals surface area contributed by atoms with Gasteiger partial charge in [0.05, 0.1) is 21.7 Å². The Morgan fingerprint density at radius 3 is 2.42 bits per heavy atom. The van der Waals surface area contributed by atoms with E-state index in [4.69, 9.17) is 0 Å². The molecule has 2 aromatic carbocycles. The molecule has 4 aromatic rings. The molecule has 0 aliphatic rings. The molecule has 0 spiro atoms. The van der Waals surface area contributed by atoms with Crippen molar-refractivity contribution < 1.29 is 9.59 Å². The predicted octanol–water partition coefficient (Wildman–Crippen LogP) is 5.53. The average molecular weight is 516 g/mol. The normalized spacial score (nSPS) is 11.0. The largest absolute Gasteiger partial charge is 0.325 e. The first kappa shape index (κ1) is 23.7. The van der Waals surface area contributed by atoms with Crippen molar-refractivity contribution in [1.82, 2.24) is 15.2 Å². The molecule has 2 heterocycles. The highest BCUT2D eigenvalue weighted by atomic mass is 32.2. The molecule has 0 saturated heterocycles. The van der Waals surface area contributed by atoms with Crippen LogP contribution in [0.5, 0.6) is 0 Å².